The van der Waals surface area contributed by atoms with Crippen LogP contribution >= 0.6 is 0 Å². The van der Waals surface area contributed by atoms with Crippen molar-refractivity contribution in [2.24, 2.45) is 5.73 Å². The molecule has 0 saturated heterocycles. The maximum absolute atomic E-state index is 11.6. The van der Waals surface area contributed by atoms with Gasteiger partial charge in [-0.3, -0.25) is 9.48 Å². The van der Waals surface area contributed by atoms with E-state index in [9.17, 15) is 14.4 Å². The molecule has 0 spiro atoms. The maximum atomic E-state index is 11.6. The van der Waals surface area contributed by atoms with Crippen molar-refractivity contribution in [2.75, 3.05) is 19.0 Å². The standard InChI is InChI=1S/C11H17N5O5/c1-21-3-2-16-6-7(5-13-16)14-11(20)15-8(10(18)19)4-9(12)17/h5-6,8H,2-4H2,1H3,(H2,12,17)(H,18,19)(H2,14,15,20). The van der Waals surface area contributed by atoms with Crippen LogP contribution < -0.4 is 16.4 Å². The molecule has 0 bridgehead atoms. The van der Waals surface area contributed by atoms with Crippen LogP contribution in [-0.4, -0.2) is 52.6 Å². The van der Waals surface area contributed by atoms with Crippen LogP contribution in [0.5, 0.6) is 0 Å². The maximum Gasteiger partial charge on any atom is 0.326 e. The number of carbonyl (C=O) groups excluding carboxylic acids is 2. The quantitative estimate of drug-likeness (QED) is 0.482. The highest BCUT2D eigenvalue weighted by Crippen LogP contribution is 2.04. The Morgan fingerprint density at radius 1 is 1.52 bits per heavy atom. The van der Waals surface area contributed by atoms with Crippen molar-refractivity contribution in [1.82, 2.24) is 15.1 Å². The molecule has 1 unspecified atom stereocenters. The molecule has 0 saturated carbocycles. The summed E-state index contributed by atoms with van der Waals surface area (Å²) >= 11 is 0. The van der Waals surface area contributed by atoms with Crippen molar-refractivity contribution in [1.29, 1.82) is 0 Å². The van der Waals surface area contributed by atoms with E-state index in [-0.39, 0.29) is 0 Å². The molecule has 1 rings (SSSR count). The third-order valence-corrected chi connectivity index (χ3v) is 2.42. The van der Waals surface area contributed by atoms with Gasteiger partial charge in [-0.15, -0.1) is 0 Å². The molecule has 0 radical (unpaired) electrons. The molecule has 116 valence electrons. The lowest BCUT2D eigenvalue weighted by Gasteiger charge is -2.12. The largest absolute Gasteiger partial charge is 0.480 e. The zero-order chi connectivity index (χ0) is 15.8. The topological polar surface area (TPSA) is 149 Å². The minimum absolute atomic E-state index is 0.381. The summed E-state index contributed by atoms with van der Waals surface area (Å²) in [4.78, 5) is 33.2. The summed E-state index contributed by atoms with van der Waals surface area (Å²) in [6, 6.07) is -2.15. The Balaban J connectivity index is 2.53. The number of rotatable bonds is 8. The third-order valence-electron chi connectivity index (χ3n) is 2.42. The smallest absolute Gasteiger partial charge is 0.326 e. The zero-order valence-corrected chi connectivity index (χ0v) is 11.4. The van der Waals surface area contributed by atoms with Gasteiger partial charge in [0.2, 0.25) is 5.91 Å². The molecule has 0 fully saturated rings. The van der Waals surface area contributed by atoms with Gasteiger partial charge in [-0.1, -0.05) is 0 Å². The minimum Gasteiger partial charge on any atom is -0.480 e. The Bertz CT molecular complexity index is 515. The summed E-state index contributed by atoms with van der Waals surface area (Å²) in [5.74, 6) is -2.17. The Morgan fingerprint density at radius 3 is 2.81 bits per heavy atom. The predicted octanol–water partition coefficient (Wildman–Crippen LogP) is -1.02. The summed E-state index contributed by atoms with van der Waals surface area (Å²) in [7, 11) is 1.56. The molecule has 5 N–H and O–H groups in total. The molecule has 0 aliphatic rings. The number of carboxylic acid groups (broad SMARTS) is 1. The summed E-state index contributed by atoms with van der Waals surface area (Å²) in [6.07, 6.45) is 2.47. The zero-order valence-electron chi connectivity index (χ0n) is 11.4. The van der Waals surface area contributed by atoms with Gasteiger partial charge in [0.1, 0.15) is 6.04 Å². The Kier molecular flexibility index (Phi) is 6.14. The number of nitrogens with one attached hydrogen (secondary N) is 2. The SMILES string of the molecule is COCCn1cc(NC(=O)NC(CC(N)=O)C(=O)O)cn1. The molecule has 1 aromatic heterocycles. The van der Waals surface area contributed by atoms with Crippen LogP contribution in [0, 0.1) is 0 Å². The highest BCUT2D eigenvalue weighted by molar-refractivity contribution is 5.93. The van der Waals surface area contributed by atoms with Gasteiger partial charge >= 0.3 is 12.0 Å². The fourth-order valence-corrected chi connectivity index (χ4v) is 1.46. The second-order valence-electron chi connectivity index (χ2n) is 4.14. The van der Waals surface area contributed by atoms with E-state index in [1.54, 1.807) is 18.0 Å². The van der Waals surface area contributed by atoms with Crippen LogP contribution in [0.3, 0.4) is 0 Å². The minimum atomic E-state index is -1.38. The van der Waals surface area contributed by atoms with Crippen molar-refractivity contribution < 1.29 is 24.2 Å². The molecule has 1 aromatic rings. The van der Waals surface area contributed by atoms with E-state index < -0.39 is 30.4 Å². The number of nitrogens with two attached hydrogens (primary N) is 1. The summed E-state index contributed by atoms with van der Waals surface area (Å²) < 4.78 is 6.44. The molecule has 21 heavy (non-hydrogen) atoms. The molecular weight excluding hydrogens is 282 g/mol. The van der Waals surface area contributed by atoms with Gasteiger partial charge in [0.05, 0.1) is 31.5 Å². The number of urea groups is 1. The van der Waals surface area contributed by atoms with Crippen LogP contribution in [0.4, 0.5) is 10.5 Å². The van der Waals surface area contributed by atoms with Gasteiger partial charge < -0.3 is 26.2 Å². The van der Waals surface area contributed by atoms with Crippen molar-refractivity contribution in [3.8, 4) is 0 Å². The predicted molar refractivity (Wildman–Crippen MR) is 71.5 cm³/mol. The lowest BCUT2D eigenvalue weighted by molar-refractivity contribution is -0.140. The monoisotopic (exact) mass is 299 g/mol. The van der Waals surface area contributed by atoms with Crippen LogP contribution in [0.1, 0.15) is 6.42 Å². The summed E-state index contributed by atoms with van der Waals surface area (Å²) in [5.41, 5.74) is 5.29. The van der Waals surface area contributed by atoms with Gasteiger partial charge in [-0.05, 0) is 0 Å². The van der Waals surface area contributed by atoms with Crippen molar-refractivity contribution >= 4 is 23.6 Å². The van der Waals surface area contributed by atoms with Crippen molar-refractivity contribution in [3.63, 3.8) is 0 Å². The molecule has 0 aromatic carbocycles. The first-order chi connectivity index (χ1) is 9.92. The van der Waals surface area contributed by atoms with E-state index >= 15 is 0 Å². The number of amides is 3. The van der Waals surface area contributed by atoms with Gasteiger partial charge in [-0.2, -0.15) is 5.10 Å². The van der Waals surface area contributed by atoms with Crippen LogP contribution in [-0.2, 0) is 20.9 Å². The Labute approximate surface area is 120 Å². The number of hydrogen-bond acceptors (Lipinski definition) is 5. The second kappa shape index (κ2) is 7.85. The van der Waals surface area contributed by atoms with Gasteiger partial charge in [0.15, 0.2) is 0 Å². The number of carboxylic acids is 1. The molecule has 1 heterocycles. The number of carbonyl (C=O) groups is 3. The summed E-state index contributed by atoms with van der Waals surface area (Å²) in [6.45, 7) is 0.978. The number of anilines is 1. The van der Waals surface area contributed by atoms with Crippen LogP contribution in [0.2, 0.25) is 0 Å². The fourth-order valence-electron chi connectivity index (χ4n) is 1.46. The molecular formula is C11H17N5O5. The van der Waals surface area contributed by atoms with Gasteiger partial charge in [0, 0.05) is 13.3 Å². The Hall–Kier alpha value is -2.62. The number of aromatic nitrogens is 2. The average molecular weight is 299 g/mol. The number of aliphatic carboxylic acids is 1. The number of hydrogen-bond donors (Lipinski definition) is 4. The molecule has 10 heteroatoms. The van der Waals surface area contributed by atoms with E-state index in [1.807, 2.05) is 0 Å². The molecule has 3 amide bonds. The van der Waals surface area contributed by atoms with E-state index in [2.05, 4.69) is 15.7 Å². The molecule has 10 nitrogen and oxygen atoms in total. The lowest BCUT2D eigenvalue weighted by Crippen LogP contribution is -2.45. The first-order valence-corrected chi connectivity index (χ1v) is 6.02. The van der Waals surface area contributed by atoms with E-state index in [0.29, 0.717) is 18.8 Å². The molecule has 1 atom stereocenters. The normalized spacial score (nSPS) is 11.7. The average Bonchev–Trinajstić information content (AvgIpc) is 2.82. The highest BCUT2D eigenvalue weighted by Gasteiger charge is 2.22. The number of ether oxygens (including phenoxy) is 1. The lowest BCUT2D eigenvalue weighted by atomic mass is 10.2. The number of methoxy groups -OCH3 is 1. The van der Waals surface area contributed by atoms with Gasteiger partial charge in [0.25, 0.3) is 0 Å². The summed E-state index contributed by atoms with van der Waals surface area (Å²) in [5, 5.41) is 17.4. The van der Waals surface area contributed by atoms with Crippen molar-refractivity contribution in [2.45, 2.75) is 19.0 Å². The number of nitrogens with zero attached hydrogens (tertiary/aromatic N) is 2. The number of primary amides is 1. The molecule has 0 aliphatic carbocycles. The first-order valence-electron chi connectivity index (χ1n) is 6.02. The van der Waals surface area contributed by atoms with Crippen molar-refractivity contribution in [3.05, 3.63) is 12.4 Å². The third kappa shape index (κ3) is 5.91. The van der Waals surface area contributed by atoms with Gasteiger partial charge in [-0.25, -0.2) is 9.59 Å². The second-order valence-corrected chi connectivity index (χ2v) is 4.14. The molecule has 0 aliphatic heterocycles. The van der Waals surface area contributed by atoms with E-state index in [0.717, 1.165) is 0 Å². The van der Waals surface area contributed by atoms with Crippen LogP contribution in [0.15, 0.2) is 12.4 Å². The van der Waals surface area contributed by atoms with Crippen LogP contribution in [0.25, 0.3) is 0 Å². The fraction of sp³-hybridized carbons (Fsp3) is 0.455. The first kappa shape index (κ1) is 16.4. The van der Waals surface area contributed by atoms with E-state index in [1.165, 1.54) is 6.20 Å². The Morgan fingerprint density at radius 2 is 2.24 bits per heavy atom. The van der Waals surface area contributed by atoms with E-state index in [4.69, 9.17) is 15.6 Å². The highest BCUT2D eigenvalue weighted by atomic mass is 16.5.